The third-order valence-corrected chi connectivity index (χ3v) is 0. The van der Waals surface area contributed by atoms with E-state index >= 15 is 0 Å². The minimum atomic E-state index is -5.88. The molecule has 7 heavy (non-hydrogen) atoms. The Kier molecular flexibility index (Phi) is 11.0. The van der Waals surface area contributed by atoms with Gasteiger partial charge in [0.2, 0.25) is 0 Å². The van der Waals surface area contributed by atoms with Gasteiger partial charge in [0, 0.05) is 18.6 Å². The Bertz CT molecular complexity index is 54.2. The van der Waals surface area contributed by atoms with Gasteiger partial charge in [-0.15, -0.1) is 0 Å². The quantitative estimate of drug-likeness (QED) is 0.373. The molecule has 0 spiro atoms. The van der Waals surface area contributed by atoms with Crippen molar-refractivity contribution in [2.75, 3.05) is 0 Å². The summed E-state index contributed by atoms with van der Waals surface area (Å²) < 4.78 is 34.4. The summed E-state index contributed by atoms with van der Waals surface area (Å²) in [5.41, 5.74) is 0. The minimum Gasteiger partial charge on any atom is -2.00 e. The van der Waals surface area contributed by atoms with Crippen LogP contribution in [0.25, 0.3) is 0 Å². The van der Waals surface area contributed by atoms with E-state index in [-0.39, 0.29) is 24.0 Å². The largest absolute Gasteiger partial charge is 2.00 e. The van der Waals surface area contributed by atoms with Gasteiger partial charge in [-0.3, -0.25) is 0 Å². The molecule has 0 aromatic heterocycles. The minimum absolute atomic E-state index is 0. The van der Waals surface area contributed by atoms with E-state index in [0.717, 1.165) is 0 Å². The van der Waals surface area contributed by atoms with Crippen molar-refractivity contribution in [3.05, 3.63) is 0 Å². The van der Waals surface area contributed by atoms with Gasteiger partial charge in [-0.25, -0.2) is 0 Å². The zero-order valence-electron chi connectivity index (χ0n) is 2.94. The first-order valence-corrected chi connectivity index (χ1v) is 3.79. The molecule has 0 amide bonds. The van der Waals surface area contributed by atoms with Gasteiger partial charge in [0.15, 0.2) is 0 Å². The van der Waals surface area contributed by atoms with Crippen LogP contribution >= 0.6 is 0 Å². The van der Waals surface area contributed by atoms with Gasteiger partial charge in [-0.2, -0.15) is 0 Å². The van der Waals surface area contributed by atoms with Crippen molar-refractivity contribution in [3.8, 4) is 0 Å². The van der Waals surface area contributed by atoms with Crippen LogP contribution in [0.3, 0.4) is 0 Å². The van der Waals surface area contributed by atoms with E-state index in [2.05, 4.69) is 0 Å². The maximum atomic E-state index is 8.61. The van der Waals surface area contributed by atoms with Crippen LogP contribution in [-0.2, 0) is 27.8 Å². The predicted molar refractivity (Wildman–Crippen MR) is 7.13 cm³/mol. The third-order valence-electron chi connectivity index (χ3n) is 0. The molecular formula is AsO5V-5. The van der Waals surface area contributed by atoms with E-state index in [1.54, 1.807) is 0 Å². The molecule has 0 rings (SSSR count). The van der Waals surface area contributed by atoms with E-state index < -0.39 is 14.5 Å². The summed E-state index contributed by atoms with van der Waals surface area (Å²) in [4.78, 5) is 0. The fourth-order valence-corrected chi connectivity index (χ4v) is 0. The van der Waals surface area contributed by atoms with Crippen LogP contribution in [0.2, 0.25) is 0 Å². The van der Waals surface area contributed by atoms with Crippen LogP contribution < -0.4 is 12.3 Å². The molecule has 0 bridgehead atoms. The number of rotatable bonds is 0. The fraction of sp³-hybridized carbons (Fsp3) is 0. The summed E-state index contributed by atoms with van der Waals surface area (Å²) in [6.07, 6.45) is 0. The van der Waals surface area contributed by atoms with Gasteiger partial charge in [0.05, 0.1) is 0 Å². The van der Waals surface area contributed by atoms with E-state index in [1.807, 2.05) is 0 Å². The molecular weight excluding hydrogens is 206 g/mol. The molecule has 0 aliphatic carbocycles. The molecule has 0 aromatic carbocycles. The summed E-state index contributed by atoms with van der Waals surface area (Å²) in [6, 6.07) is 0. The molecule has 0 unspecified atom stereocenters. The molecule has 0 fully saturated rings. The maximum Gasteiger partial charge on any atom is 0 e. The van der Waals surface area contributed by atoms with E-state index in [0.29, 0.717) is 0 Å². The summed E-state index contributed by atoms with van der Waals surface area (Å²) in [5, 5.41) is 0. The molecule has 0 aromatic rings. The molecule has 0 saturated heterocycles. The van der Waals surface area contributed by atoms with E-state index in [9.17, 15) is 0 Å². The van der Waals surface area contributed by atoms with Crippen molar-refractivity contribution in [2.45, 2.75) is 0 Å². The Balaban J connectivity index is -0.0000000800. The van der Waals surface area contributed by atoms with Crippen molar-refractivity contribution in [3.63, 3.8) is 0 Å². The van der Waals surface area contributed by atoms with Crippen LogP contribution in [0.4, 0.5) is 0 Å². The summed E-state index contributed by atoms with van der Waals surface area (Å²) in [5.74, 6) is 0. The maximum absolute atomic E-state index is 8.61. The van der Waals surface area contributed by atoms with Crippen LogP contribution in [-0.4, -0.2) is 14.5 Å². The molecule has 0 aliphatic heterocycles. The van der Waals surface area contributed by atoms with Gasteiger partial charge in [-0.1, -0.05) is 0 Å². The molecule has 0 saturated carbocycles. The Morgan fingerprint density at radius 1 is 1.14 bits per heavy atom. The van der Waals surface area contributed by atoms with Crippen molar-refractivity contribution >= 4 is 14.5 Å². The fourth-order valence-electron chi connectivity index (χ4n) is 0. The number of hydrogen-bond acceptors (Lipinski definition) is 4. The van der Waals surface area contributed by atoms with Gasteiger partial charge >= 0.3 is 30.5 Å². The molecule has 1 radical (unpaired) electrons. The molecule has 45 valence electrons. The van der Waals surface area contributed by atoms with E-state index in [4.69, 9.17) is 16.0 Å². The zero-order valence-corrected chi connectivity index (χ0v) is 6.21. The summed E-state index contributed by atoms with van der Waals surface area (Å²) in [6.45, 7) is 0. The summed E-state index contributed by atoms with van der Waals surface area (Å²) >= 11 is -5.88. The van der Waals surface area contributed by atoms with Crippen molar-refractivity contribution < 1.29 is 40.1 Å². The predicted octanol–water partition coefficient (Wildman–Crippen LogP) is -4.19. The molecule has 0 atom stereocenters. The molecule has 0 aliphatic rings. The Morgan fingerprint density at radius 3 is 1.14 bits per heavy atom. The average molecular weight is 206 g/mol. The average Bonchev–Trinajstić information content (AvgIpc) is 0.722. The Labute approximate surface area is 54.9 Å². The number of hydrogen-bond donors (Lipinski definition) is 0. The first-order chi connectivity index (χ1) is 2.00. The first-order valence-electron chi connectivity index (χ1n) is 0.730. The Hall–Kier alpha value is 0.783. The Morgan fingerprint density at radius 2 is 1.14 bits per heavy atom. The second-order valence-corrected chi connectivity index (χ2v) is 2.32. The van der Waals surface area contributed by atoms with Gasteiger partial charge < -0.3 is 5.48 Å². The smallest absolute Gasteiger partial charge is 0 e. The first kappa shape index (κ1) is 15.7. The summed E-state index contributed by atoms with van der Waals surface area (Å²) in [7, 11) is 0. The molecule has 7 heteroatoms. The second kappa shape index (κ2) is 4.93. The van der Waals surface area contributed by atoms with Crippen molar-refractivity contribution in [2.24, 2.45) is 0 Å². The topological polar surface area (TPSA) is 115 Å². The van der Waals surface area contributed by atoms with Crippen LogP contribution in [0.1, 0.15) is 0 Å². The van der Waals surface area contributed by atoms with Gasteiger partial charge in [-0.05, 0) is 0 Å². The van der Waals surface area contributed by atoms with Crippen molar-refractivity contribution in [1.82, 2.24) is 0 Å². The monoisotopic (exact) mass is 206 g/mol. The normalized spacial score (nSPS) is 8.43. The van der Waals surface area contributed by atoms with Crippen molar-refractivity contribution in [1.29, 1.82) is 0 Å². The molecule has 5 nitrogen and oxygen atoms in total. The second-order valence-electron chi connectivity index (χ2n) is 0.447. The van der Waals surface area contributed by atoms with Gasteiger partial charge in [0.1, 0.15) is 0 Å². The standard InChI is InChI=1S/AsH3O4.O.V/c2-1(3,4)5;;/h(H3,2,3,4,5);;/q;-2;/p-3. The van der Waals surface area contributed by atoms with Crippen LogP contribution in [0.5, 0.6) is 0 Å². The van der Waals surface area contributed by atoms with Crippen LogP contribution in [0, 0.1) is 0 Å². The van der Waals surface area contributed by atoms with Gasteiger partial charge in [0.25, 0.3) is 0 Å². The molecule has 0 N–H and O–H groups in total. The van der Waals surface area contributed by atoms with Crippen LogP contribution in [0.15, 0.2) is 0 Å². The zero-order chi connectivity index (χ0) is 4.50. The van der Waals surface area contributed by atoms with E-state index in [1.165, 1.54) is 0 Å². The third kappa shape index (κ3) is 253. The molecule has 0 heterocycles. The SMILES string of the molecule is O=[As]([O-])([O-])[O-].[O-2].[V].